The Kier molecular flexibility index (Phi) is 3.68. The number of halogens is 2. The topological polar surface area (TPSA) is 67.8 Å². The summed E-state index contributed by atoms with van der Waals surface area (Å²) in [7, 11) is 0. The molecular formula is C14H8Cl2N4O. The zero-order chi connectivity index (χ0) is 14.8. The van der Waals surface area contributed by atoms with Crippen LogP contribution >= 0.6 is 23.2 Å². The largest absolute Gasteiger partial charge is 0.305 e. The molecule has 5 nitrogen and oxygen atoms in total. The van der Waals surface area contributed by atoms with E-state index < -0.39 is 5.91 Å². The van der Waals surface area contributed by atoms with Gasteiger partial charge in [-0.3, -0.25) is 9.78 Å². The number of fused-ring (bicyclic) bond motifs is 1. The molecule has 104 valence electrons. The van der Waals surface area contributed by atoms with E-state index in [-0.39, 0.29) is 16.3 Å². The number of amides is 1. The average molecular weight is 319 g/mol. The van der Waals surface area contributed by atoms with Gasteiger partial charge in [0, 0.05) is 17.6 Å². The first-order valence-corrected chi connectivity index (χ1v) is 6.74. The fourth-order valence-electron chi connectivity index (χ4n) is 1.93. The molecular weight excluding hydrogens is 311 g/mol. The molecule has 0 unspecified atom stereocenters. The predicted octanol–water partition coefficient (Wildman–Crippen LogP) is 3.58. The van der Waals surface area contributed by atoms with Gasteiger partial charge >= 0.3 is 0 Å². The van der Waals surface area contributed by atoms with Gasteiger partial charge in [0.05, 0.1) is 0 Å². The Labute approximate surface area is 130 Å². The van der Waals surface area contributed by atoms with Crippen molar-refractivity contribution in [2.75, 3.05) is 5.32 Å². The quantitative estimate of drug-likeness (QED) is 0.579. The van der Waals surface area contributed by atoms with E-state index in [2.05, 4.69) is 20.3 Å². The van der Waals surface area contributed by atoms with E-state index in [0.29, 0.717) is 5.69 Å². The van der Waals surface area contributed by atoms with Crippen molar-refractivity contribution in [1.29, 1.82) is 0 Å². The fraction of sp³-hybridized carbons (Fsp3) is 0. The van der Waals surface area contributed by atoms with E-state index in [4.69, 9.17) is 23.2 Å². The molecule has 0 atom stereocenters. The van der Waals surface area contributed by atoms with Crippen LogP contribution in [0.25, 0.3) is 10.8 Å². The van der Waals surface area contributed by atoms with Gasteiger partial charge < -0.3 is 5.32 Å². The normalized spacial score (nSPS) is 10.6. The number of carbonyl (C=O) groups excluding carboxylic acids is 1. The van der Waals surface area contributed by atoms with Crippen LogP contribution in [0.1, 0.15) is 10.5 Å². The van der Waals surface area contributed by atoms with E-state index in [1.807, 2.05) is 30.3 Å². The Bertz CT molecular complexity index is 813. The van der Waals surface area contributed by atoms with Crippen LogP contribution in [0.15, 0.2) is 42.6 Å². The highest BCUT2D eigenvalue weighted by Crippen LogP contribution is 2.19. The summed E-state index contributed by atoms with van der Waals surface area (Å²) >= 11 is 11.5. The lowest BCUT2D eigenvalue weighted by atomic mass is 10.1. The van der Waals surface area contributed by atoms with Crippen LogP contribution in [0.5, 0.6) is 0 Å². The predicted molar refractivity (Wildman–Crippen MR) is 81.7 cm³/mol. The van der Waals surface area contributed by atoms with Gasteiger partial charge in [-0.1, -0.05) is 35.9 Å². The molecule has 21 heavy (non-hydrogen) atoms. The molecule has 1 aromatic carbocycles. The maximum atomic E-state index is 12.3. The third kappa shape index (κ3) is 2.94. The first kappa shape index (κ1) is 13.7. The van der Waals surface area contributed by atoms with Gasteiger partial charge in [-0.25, -0.2) is 9.97 Å². The molecule has 0 saturated carbocycles. The van der Waals surface area contributed by atoms with Crippen LogP contribution in [-0.2, 0) is 0 Å². The number of hydrogen-bond donors (Lipinski definition) is 1. The molecule has 0 aliphatic carbocycles. The van der Waals surface area contributed by atoms with Crippen molar-refractivity contribution in [2.24, 2.45) is 0 Å². The molecule has 1 N–H and O–H groups in total. The van der Waals surface area contributed by atoms with Gasteiger partial charge in [0.1, 0.15) is 16.7 Å². The van der Waals surface area contributed by atoms with Crippen LogP contribution in [0, 0.1) is 0 Å². The lowest BCUT2D eigenvalue weighted by molar-refractivity contribution is 0.102. The molecule has 2 heterocycles. The molecule has 1 amide bonds. The van der Waals surface area contributed by atoms with Crippen molar-refractivity contribution >= 4 is 45.7 Å². The van der Waals surface area contributed by atoms with E-state index in [9.17, 15) is 4.79 Å². The third-order valence-electron chi connectivity index (χ3n) is 2.80. The van der Waals surface area contributed by atoms with Gasteiger partial charge in [-0.2, -0.15) is 0 Å². The zero-order valence-electron chi connectivity index (χ0n) is 10.5. The second kappa shape index (κ2) is 5.63. The smallest absolute Gasteiger partial charge is 0.276 e. The fourth-order valence-corrected chi connectivity index (χ4v) is 2.34. The molecule has 0 aliphatic heterocycles. The summed E-state index contributed by atoms with van der Waals surface area (Å²) in [4.78, 5) is 24.1. The summed E-state index contributed by atoms with van der Waals surface area (Å²) in [5, 5.41) is 4.40. The van der Waals surface area contributed by atoms with Gasteiger partial charge in [0.15, 0.2) is 0 Å². The third-order valence-corrected chi connectivity index (χ3v) is 3.16. The Balaban J connectivity index is 1.97. The molecule has 2 aromatic heterocycles. The van der Waals surface area contributed by atoms with Crippen LogP contribution in [0.4, 0.5) is 5.82 Å². The summed E-state index contributed by atoms with van der Waals surface area (Å²) in [5.74, 6) is -0.169. The number of benzene rings is 1. The minimum Gasteiger partial charge on any atom is -0.305 e. The Morgan fingerprint density at radius 2 is 1.90 bits per heavy atom. The molecule has 0 bridgehead atoms. The Morgan fingerprint density at radius 1 is 1.10 bits per heavy atom. The standard InChI is InChI=1S/C14H8Cl2N4O/c15-10-7-11(20-14(16)18-10)19-13(21)12-9-4-2-1-3-8(9)5-6-17-12/h1-7H,(H,18,19,20,21). The van der Waals surface area contributed by atoms with Gasteiger partial charge in [0.2, 0.25) is 5.28 Å². The van der Waals surface area contributed by atoms with Crippen molar-refractivity contribution in [3.8, 4) is 0 Å². The van der Waals surface area contributed by atoms with E-state index in [1.54, 1.807) is 6.20 Å². The van der Waals surface area contributed by atoms with Gasteiger partial charge in [-0.05, 0) is 23.1 Å². The average Bonchev–Trinajstić information content (AvgIpc) is 2.45. The van der Waals surface area contributed by atoms with Gasteiger partial charge in [0.25, 0.3) is 5.91 Å². The van der Waals surface area contributed by atoms with Crippen LogP contribution < -0.4 is 5.32 Å². The summed E-state index contributed by atoms with van der Waals surface area (Å²) in [6, 6.07) is 10.7. The number of pyridine rings is 1. The highest BCUT2D eigenvalue weighted by Gasteiger charge is 2.13. The van der Waals surface area contributed by atoms with Crippen molar-refractivity contribution in [2.45, 2.75) is 0 Å². The lowest BCUT2D eigenvalue weighted by Gasteiger charge is -2.07. The van der Waals surface area contributed by atoms with Crippen molar-refractivity contribution in [1.82, 2.24) is 15.0 Å². The molecule has 0 aliphatic rings. The minimum atomic E-state index is -0.391. The summed E-state index contributed by atoms with van der Waals surface area (Å²) in [6.45, 7) is 0. The summed E-state index contributed by atoms with van der Waals surface area (Å²) in [5.41, 5.74) is 0.305. The highest BCUT2D eigenvalue weighted by atomic mass is 35.5. The van der Waals surface area contributed by atoms with Crippen molar-refractivity contribution in [3.05, 3.63) is 58.7 Å². The molecule has 0 radical (unpaired) electrons. The van der Waals surface area contributed by atoms with Crippen LogP contribution in [0.3, 0.4) is 0 Å². The van der Waals surface area contributed by atoms with Crippen LogP contribution in [0.2, 0.25) is 10.4 Å². The first-order valence-electron chi connectivity index (χ1n) is 5.99. The monoisotopic (exact) mass is 318 g/mol. The highest BCUT2D eigenvalue weighted by molar-refractivity contribution is 6.32. The zero-order valence-corrected chi connectivity index (χ0v) is 12.1. The first-order chi connectivity index (χ1) is 10.1. The van der Waals surface area contributed by atoms with E-state index in [0.717, 1.165) is 10.8 Å². The SMILES string of the molecule is O=C(Nc1cc(Cl)nc(Cl)n1)c1nccc2ccccc12. The van der Waals surface area contributed by atoms with Crippen molar-refractivity contribution < 1.29 is 4.79 Å². The number of hydrogen-bond acceptors (Lipinski definition) is 4. The number of aromatic nitrogens is 3. The maximum Gasteiger partial charge on any atom is 0.276 e. The number of carbonyl (C=O) groups is 1. The molecule has 7 heteroatoms. The molecule has 0 spiro atoms. The van der Waals surface area contributed by atoms with Crippen molar-refractivity contribution in [3.63, 3.8) is 0 Å². The second-order valence-electron chi connectivity index (χ2n) is 4.18. The number of nitrogens with one attached hydrogen (secondary N) is 1. The van der Waals surface area contributed by atoms with E-state index in [1.165, 1.54) is 6.07 Å². The second-order valence-corrected chi connectivity index (χ2v) is 4.91. The lowest BCUT2D eigenvalue weighted by Crippen LogP contribution is -2.15. The minimum absolute atomic E-state index is 0.0383. The number of rotatable bonds is 2. The Morgan fingerprint density at radius 3 is 2.71 bits per heavy atom. The van der Waals surface area contributed by atoms with Gasteiger partial charge in [-0.15, -0.1) is 0 Å². The number of anilines is 1. The Hall–Kier alpha value is -2.24. The maximum absolute atomic E-state index is 12.3. The van der Waals surface area contributed by atoms with Crippen LogP contribution in [-0.4, -0.2) is 20.9 Å². The summed E-state index contributed by atoms with van der Waals surface area (Å²) in [6.07, 6.45) is 1.58. The molecule has 3 aromatic rings. The molecule has 0 fully saturated rings. The van der Waals surface area contributed by atoms with E-state index >= 15 is 0 Å². The molecule has 0 saturated heterocycles. The molecule has 3 rings (SSSR count). The number of nitrogens with zero attached hydrogens (tertiary/aromatic N) is 3. The summed E-state index contributed by atoms with van der Waals surface area (Å²) < 4.78 is 0.